The summed E-state index contributed by atoms with van der Waals surface area (Å²) in [6.07, 6.45) is 0. The fraction of sp³-hybridized carbons (Fsp3) is 0.400. The standard InChI is InChI=1S/C12H16N2O.C7H5ClO.C5H12N2.CH2O3.Na/c1-10-9-14(8-7-13-10)12(15)11-5-3-2-4-6-11;8-7(9)6-4-2-1-3-5-6;1-5-4-6-2-3-7-5;2-1-4-3;/h2-6,10,13H,7-9H2,1H3;1-5H;5-7H,2-4H2,1H3;1,3H;/q;;;;+1/p-1/t10-;;5-;;/m1.1../s1. The summed E-state index contributed by atoms with van der Waals surface area (Å²) in [7, 11) is 0. The van der Waals surface area contributed by atoms with Crippen LogP contribution in [0.25, 0.3) is 0 Å². The van der Waals surface area contributed by atoms with Crippen LogP contribution in [0.4, 0.5) is 0 Å². The summed E-state index contributed by atoms with van der Waals surface area (Å²) in [6, 6.07) is 19.3. The molecule has 0 unspecified atom stereocenters. The molecule has 2 aromatic rings. The van der Waals surface area contributed by atoms with Crippen LogP contribution in [-0.4, -0.2) is 73.9 Å². The van der Waals surface area contributed by atoms with Gasteiger partial charge in [-0.3, -0.25) is 14.4 Å². The van der Waals surface area contributed by atoms with Crippen LogP contribution >= 0.6 is 11.6 Å². The molecule has 0 radical (unpaired) electrons. The van der Waals surface area contributed by atoms with E-state index in [1.54, 1.807) is 24.3 Å². The molecule has 4 rings (SSSR count). The minimum atomic E-state index is -0.407. The number of carbonyl (C=O) groups is 3. The van der Waals surface area contributed by atoms with Gasteiger partial charge in [0.25, 0.3) is 17.6 Å². The van der Waals surface area contributed by atoms with E-state index in [4.69, 9.17) is 21.7 Å². The Morgan fingerprint density at radius 3 is 1.83 bits per heavy atom. The maximum atomic E-state index is 12.0. The molecule has 0 spiro atoms. The zero-order valence-corrected chi connectivity index (χ0v) is 23.9. The Morgan fingerprint density at radius 2 is 1.47 bits per heavy atom. The summed E-state index contributed by atoms with van der Waals surface area (Å²) in [4.78, 5) is 35.6. The Morgan fingerprint density at radius 1 is 0.944 bits per heavy atom. The van der Waals surface area contributed by atoms with Crippen LogP contribution in [0.3, 0.4) is 0 Å². The molecule has 1 amide bonds. The van der Waals surface area contributed by atoms with Crippen molar-refractivity contribution in [2.75, 3.05) is 39.3 Å². The quantitative estimate of drug-likeness (QED) is 0.140. The third-order valence-corrected chi connectivity index (χ3v) is 5.18. The molecule has 2 saturated heterocycles. The van der Waals surface area contributed by atoms with Crippen LogP contribution in [0.15, 0.2) is 60.7 Å². The smallest absolute Gasteiger partial charge is 0.662 e. The van der Waals surface area contributed by atoms with E-state index in [9.17, 15) is 9.59 Å². The Labute approximate surface area is 240 Å². The van der Waals surface area contributed by atoms with Crippen molar-refractivity contribution in [2.45, 2.75) is 25.9 Å². The fourth-order valence-electron chi connectivity index (χ4n) is 3.25. The number of nitrogens with one attached hydrogen (secondary N) is 3. The molecule has 3 N–H and O–H groups in total. The number of amides is 1. The summed E-state index contributed by atoms with van der Waals surface area (Å²) in [5.74, 6) is 0.143. The molecule has 36 heavy (non-hydrogen) atoms. The predicted molar refractivity (Wildman–Crippen MR) is 134 cm³/mol. The first-order valence-electron chi connectivity index (χ1n) is 11.4. The van der Waals surface area contributed by atoms with Gasteiger partial charge >= 0.3 is 29.6 Å². The minimum absolute atomic E-state index is 0. The van der Waals surface area contributed by atoms with E-state index in [0.29, 0.717) is 17.6 Å². The van der Waals surface area contributed by atoms with Gasteiger partial charge in [0.1, 0.15) is 0 Å². The molecule has 192 valence electrons. The van der Waals surface area contributed by atoms with E-state index >= 15 is 0 Å². The molecule has 2 aliphatic heterocycles. The molecule has 2 aromatic carbocycles. The third-order valence-electron chi connectivity index (χ3n) is 4.96. The number of benzene rings is 2. The van der Waals surface area contributed by atoms with E-state index in [-0.39, 0.29) is 41.9 Å². The van der Waals surface area contributed by atoms with Gasteiger partial charge in [0.2, 0.25) is 0 Å². The zero-order chi connectivity index (χ0) is 25.9. The van der Waals surface area contributed by atoms with Crippen LogP contribution in [0.5, 0.6) is 0 Å². The zero-order valence-electron chi connectivity index (χ0n) is 21.1. The second kappa shape index (κ2) is 21.3. The summed E-state index contributed by atoms with van der Waals surface area (Å²) in [5, 5.41) is 17.9. The van der Waals surface area contributed by atoms with Crippen molar-refractivity contribution in [1.29, 1.82) is 0 Å². The topological polar surface area (TPSA) is 123 Å². The summed E-state index contributed by atoms with van der Waals surface area (Å²) >= 11 is 5.16. The van der Waals surface area contributed by atoms with Gasteiger partial charge in [0.15, 0.2) is 0 Å². The molecular weight excluding hydrogens is 495 g/mol. The largest absolute Gasteiger partial charge is 1.00 e. The van der Waals surface area contributed by atoms with Crippen LogP contribution in [0.2, 0.25) is 0 Å². The molecule has 2 atom stereocenters. The third kappa shape index (κ3) is 15.3. The normalized spacial score (nSPS) is 18.2. The van der Waals surface area contributed by atoms with Gasteiger partial charge in [-0.15, -0.1) is 0 Å². The van der Waals surface area contributed by atoms with Crippen LogP contribution in [0.1, 0.15) is 34.6 Å². The maximum Gasteiger partial charge on any atom is 1.00 e. The van der Waals surface area contributed by atoms with E-state index in [1.165, 1.54) is 0 Å². The van der Waals surface area contributed by atoms with Crippen molar-refractivity contribution in [1.82, 2.24) is 20.9 Å². The molecule has 0 saturated carbocycles. The van der Waals surface area contributed by atoms with Crippen molar-refractivity contribution >= 4 is 29.2 Å². The molecule has 9 nitrogen and oxygen atoms in total. The first-order chi connectivity index (χ1) is 16.9. The second-order valence-corrected chi connectivity index (χ2v) is 8.21. The van der Waals surface area contributed by atoms with Crippen molar-refractivity contribution in [2.24, 2.45) is 0 Å². The number of hydrogen-bond acceptors (Lipinski definition) is 8. The Kier molecular flexibility index (Phi) is 20.2. The van der Waals surface area contributed by atoms with Crippen molar-refractivity contribution in [3.63, 3.8) is 0 Å². The number of hydrogen-bond donors (Lipinski definition) is 3. The summed E-state index contributed by atoms with van der Waals surface area (Å²) < 4.78 is 0. The maximum absolute atomic E-state index is 12.0. The molecule has 2 heterocycles. The van der Waals surface area contributed by atoms with E-state index in [1.807, 2.05) is 41.3 Å². The number of carbonyl (C=O) groups excluding carboxylic acids is 3. The van der Waals surface area contributed by atoms with E-state index < -0.39 is 5.24 Å². The molecule has 0 aliphatic carbocycles. The van der Waals surface area contributed by atoms with Gasteiger partial charge in [-0.1, -0.05) is 48.5 Å². The average molecular weight is 529 g/mol. The first-order valence-corrected chi connectivity index (χ1v) is 11.8. The summed E-state index contributed by atoms with van der Waals surface area (Å²) in [6.45, 7) is 9.98. The average Bonchev–Trinajstić information content (AvgIpc) is 2.90. The molecule has 0 bridgehead atoms. The SMILES string of the molecule is C[C@@H]1CN(C(=O)c2ccccc2)CCN1.C[C@@H]1CNCCN1.O=C(Cl)c1ccccc1.O=CO[O-].[Na+]. The number of rotatable bonds is 3. The molecule has 0 aromatic heterocycles. The molecule has 2 fully saturated rings. The van der Waals surface area contributed by atoms with Gasteiger partial charge < -0.3 is 31.0 Å². The Bertz CT molecular complexity index is 858. The van der Waals surface area contributed by atoms with Crippen molar-refractivity contribution in [3.8, 4) is 0 Å². The van der Waals surface area contributed by atoms with Gasteiger partial charge in [0.05, 0.1) is 0 Å². The van der Waals surface area contributed by atoms with Gasteiger partial charge in [0, 0.05) is 62.5 Å². The van der Waals surface area contributed by atoms with Gasteiger partial charge in [-0.05, 0) is 37.6 Å². The Hall–Kier alpha value is -1.82. The van der Waals surface area contributed by atoms with Crippen molar-refractivity contribution < 1.29 is 54.1 Å². The van der Waals surface area contributed by atoms with Crippen molar-refractivity contribution in [3.05, 3.63) is 71.8 Å². The molecular formula is C25H34ClN4NaO5. The van der Waals surface area contributed by atoms with E-state index in [2.05, 4.69) is 34.7 Å². The van der Waals surface area contributed by atoms with Gasteiger partial charge in [-0.2, -0.15) is 0 Å². The number of piperazine rings is 2. The second-order valence-electron chi connectivity index (χ2n) is 7.86. The predicted octanol–water partition coefficient (Wildman–Crippen LogP) is -1.81. The van der Waals surface area contributed by atoms with Crippen LogP contribution in [0, 0.1) is 0 Å². The molecule has 11 heteroatoms. The summed E-state index contributed by atoms with van der Waals surface area (Å²) in [5.41, 5.74) is 1.32. The molecule has 2 aliphatic rings. The fourth-order valence-corrected chi connectivity index (χ4v) is 3.37. The first kappa shape index (κ1) is 34.2. The van der Waals surface area contributed by atoms with Crippen LogP contribution < -0.4 is 50.8 Å². The van der Waals surface area contributed by atoms with Crippen LogP contribution in [-0.2, 0) is 9.68 Å². The minimum Gasteiger partial charge on any atom is -0.662 e. The number of halogens is 1. The number of nitrogens with zero attached hydrogens (tertiary/aromatic N) is 1. The monoisotopic (exact) mass is 528 g/mol. The van der Waals surface area contributed by atoms with E-state index in [0.717, 1.165) is 44.8 Å². The Balaban J connectivity index is 0.000000501. The van der Waals surface area contributed by atoms with Gasteiger partial charge in [-0.25, -0.2) is 0 Å².